The van der Waals surface area contributed by atoms with Crippen LogP contribution in [0.3, 0.4) is 0 Å². The summed E-state index contributed by atoms with van der Waals surface area (Å²) in [5.74, 6) is 1.86. The molecule has 0 aromatic heterocycles. The Bertz CT molecular complexity index is 968. The summed E-state index contributed by atoms with van der Waals surface area (Å²) in [6.07, 6.45) is 1.44. The minimum atomic E-state index is -0.557. The van der Waals surface area contributed by atoms with E-state index in [1.807, 2.05) is 6.07 Å². The summed E-state index contributed by atoms with van der Waals surface area (Å²) >= 11 is 0. The molecule has 0 radical (unpaired) electrons. The summed E-state index contributed by atoms with van der Waals surface area (Å²) < 4.78 is 26.8. The molecule has 1 aliphatic rings. The number of anilines is 1. The van der Waals surface area contributed by atoms with Gasteiger partial charge in [-0.05, 0) is 35.9 Å². The highest BCUT2D eigenvalue weighted by Gasteiger charge is 2.16. The average molecular weight is 396 g/mol. The van der Waals surface area contributed by atoms with Crippen LogP contribution in [0, 0.1) is 11.3 Å². The number of rotatable bonds is 6. The van der Waals surface area contributed by atoms with Crippen LogP contribution in [0.15, 0.2) is 35.9 Å². The van der Waals surface area contributed by atoms with Crippen molar-refractivity contribution < 1.29 is 28.5 Å². The van der Waals surface area contributed by atoms with Crippen LogP contribution in [-0.4, -0.2) is 40.5 Å². The van der Waals surface area contributed by atoms with E-state index in [1.54, 1.807) is 30.3 Å². The van der Waals surface area contributed by atoms with Crippen LogP contribution in [0.1, 0.15) is 5.56 Å². The summed E-state index contributed by atoms with van der Waals surface area (Å²) in [5, 5.41) is 12.2. The first kappa shape index (κ1) is 19.9. The minimum Gasteiger partial charge on any atom is -0.493 e. The Labute approximate surface area is 168 Å². The van der Waals surface area contributed by atoms with E-state index in [4.69, 9.17) is 23.7 Å². The minimum absolute atomic E-state index is 0.0887. The van der Waals surface area contributed by atoms with Crippen molar-refractivity contribution in [3.63, 3.8) is 0 Å². The zero-order valence-corrected chi connectivity index (χ0v) is 16.3. The molecule has 150 valence electrons. The zero-order chi connectivity index (χ0) is 20.8. The van der Waals surface area contributed by atoms with E-state index in [9.17, 15) is 10.1 Å². The molecule has 0 atom stereocenters. The number of amides is 1. The Morgan fingerprint density at radius 1 is 1.03 bits per heavy atom. The molecule has 8 heteroatoms. The second-order valence-electron chi connectivity index (χ2n) is 5.94. The van der Waals surface area contributed by atoms with Gasteiger partial charge in [0.2, 0.25) is 5.75 Å². The number of nitrogens with one attached hydrogen (secondary N) is 1. The number of fused-ring (bicyclic) bond motifs is 1. The number of carbonyl (C=O) groups excluding carboxylic acids is 1. The number of ether oxygens (including phenoxy) is 5. The van der Waals surface area contributed by atoms with Crippen LogP contribution in [0.4, 0.5) is 5.69 Å². The molecule has 1 amide bonds. The van der Waals surface area contributed by atoms with Crippen LogP contribution in [-0.2, 0) is 4.79 Å². The highest BCUT2D eigenvalue weighted by atomic mass is 16.6. The van der Waals surface area contributed by atoms with E-state index in [1.165, 1.54) is 27.4 Å². The van der Waals surface area contributed by atoms with E-state index in [0.717, 1.165) is 0 Å². The third-order valence-electron chi connectivity index (χ3n) is 4.16. The monoisotopic (exact) mass is 396 g/mol. The zero-order valence-electron chi connectivity index (χ0n) is 16.3. The fraction of sp³-hybridized carbons (Fsp3) is 0.238. The molecule has 0 bridgehead atoms. The molecule has 1 aliphatic heterocycles. The Morgan fingerprint density at radius 2 is 1.69 bits per heavy atom. The maximum atomic E-state index is 12.6. The van der Waals surface area contributed by atoms with Crippen molar-refractivity contribution in [1.82, 2.24) is 0 Å². The molecule has 2 aromatic carbocycles. The van der Waals surface area contributed by atoms with Crippen LogP contribution in [0.5, 0.6) is 28.7 Å². The fourth-order valence-electron chi connectivity index (χ4n) is 2.82. The molecule has 0 aliphatic carbocycles. The molecule has 29 heavy (non-hydrogen) atoms. The molecular weight excluding hydrogens is 376 g/mol. The van der Waals surface area contributed by atoms with Gasteiger partial charge < -0.3 is 29.0 Å². The van der Waals surface area contributed by atoms with E-state index in [2.05, 4.69) is 5.32 Å². The van der Waals surface area contributed by atoms with Gasteiger partial charge in [-0.3, -0.25) is 4.79 Å². The molecule has 3 rings (SSSR count). The van der Waals surface area contributed by atoms with Crippen LogP contribution in [0.2, 0.25) is 0 Å². The number of nitrogens with zero attached hydrogens (tertiary/aromatic N) is 1. The van der Waals surface area contributed by atoms with Crippen molar-refractivity contribution >= 4 is 17.7 Å². The smallest absolute Gasteiger partial charge is 0.266 e. The standard InChI is InChI=1S/C21H20N2O6/c1-25-18-9-13(10-19(26-2)20(18)27-3)8-14(12-22)21(24)23-15-4-5-16-17(11-15)29-7-6-28-16/h4-5,8-11H,6-7H2,1-3H3,(H,23,24)/b14-8+. The predicted octanol–water partition coefficient (Wildman–Crippen LogP) is 3.03. The van der Waals surface area contributed by atoms with Crippen molar-refractivity contribution in [2.75, 3.05) is 39.9 Å². The number of benzene rings is 2. The van der Waals surface area contributed by atoms with Crippen LogP contribution < -0.4 is 29.0 Å². The molecule has 2 aromatic rings. The largest absolute Gasteiger partial charge is 0.493 e. The number of carbonyl (C=O) groups is 1. The Morgan fingerprint density at radius 3 is 2.28 bits per heavy atom. The highest BCUT2D eigenvalue weighted by molar-refractivity contribution is 6.09. The average Bonchev–Trinajstić information content (AvgIpc) is 2.76. The molecule has 1 N–H and O–H groups in total. The molecule has 0 unspecified atom stereocenters. The number of hydrogen-bond acceptors (Lipinski definition) is 7. The van der Waals surface area contributed by atoms with Gasteiger partial charge >= 0.3 is 0 Å². The van der Waals surface area contributed by atoms with Gasteiger partial charge in [0.25, 0.3) is 5.91 Å². The SMILES string of the molecule is COc1cc(/C=C(\C#N)C(=O)Nc2ccc3c(c2)OCCO3)cc(OC)c1OC. The summed E-state index contributed by atoms with van der Waals surface area (Å²) in [7, 11) is 4.48. The summed E-state index contributed by atoms with van der Waals surface area (Å²) in [4.78, 5) is 12.6. The van der Waals surface area contributed by atoms with Crippen LogP contribution >= 0.6 is 0 Å². The van der Waals surface area contributed by atoms with Gasteiger partial charge in [-0.25, -0.2) is 0 Å². The first-order valence-corrected chi connectivity index (χ1v) is 8.72. The third kappa shape index (κ3) is 4.35. The lowest BCUT2D eigenvalue weighted by Crippen LogP contribution is -2.17. The van der Waals surface area contributed by atoms with Gasteiger partial charge in [-0.15, -0.1) is 0 Å². The van der Waals surface area contributed by atoms with Gasteiger partial charge in [0.05, 0.1) is 21.3 Å². The first-order valence-electron chi connectivity index (χ1n) is 8.72. The second kappa shape index (κ2) is 8.89. The van der Waals surface area contributed by atoms with Gasteiger partial charge in [0, 0.05) is 11.8 Å². The lowest BCUT2D eigenvalue weighted by atomic mass is 10.1. The topological polar surface area (TPSA) is 99.0 Å². The lowest BCUT2D eigenvalue weighted by molar-refractivity contribution is -0.112. The highest BCUT2D eigenvalue weighted by Crippen LogP contribution is 2.39. The number of methoxy groups -OCH3 is 3. The normalized spacial score (nSPS) is 12.6. The quantitative estimate of drug-likeness (QED) is 0.592. The van der Waals surface area contributed by atoms with Crippen molar-refractivity contribution in [2.45, 2.75) is 0 Å². The third-order valence-corrected chi connectivity index (χ3v) is 4.16. The predicted molar refractivity (Wildman–Crippen MR) is 106 cm³/mol. The lowest BCUT2D eigenvalue weighted by Gasteiger charge is -2.19. The van der Waals surface area contributed by atoms with Crippen molar-refractivity contribution in [2.24, 2.45) is 0 Å². The van der Waals surface area contributed by atoms with Gasteiger partial charge in [0.1, 0.15) is 24.9 Å². The second-order valence-corrected chi connectivity index (χ2v) is 5.94. The maximum Gasteiger partial charge on any atom is 0.266 e. The number of nitriles is 1. The molecule has 0 saturated heterocycles. The molecule has 0 spiro atoms. The van der Waals surface area contributed by atoms with Crippen molar-refractivity contribution in [1.29, 1.82) is 5.26 Å². The molecule has 0 fully saturated rings. The van der Waals surface area contributed by atoms with E-state index >= 15 is 0 Å². The number of hydrogen-bond donors (Lipinski definition) is 1. The van der Waals surface area contributed by atoms with E-state index in [0.29, 0.717) is 53.2 Å². The molecule has 8 nitrogen and oxygen atoms in total. The van der Waals surface area contributed by atoms with Crippen LogP contribution in [0.25, 0.3) is 6.08 Å². The van der Waals surface area contributed by atoms with Gasteiger partial charge in [-0.1, -0.05) is 0 Å². The van der Waals surface area contributed by atoms with Gasteiger partial charge in [-0.2, -0.15) is 5.26 Å². The Hall–Kier alpha value is -3.86. The maximum absolute atomic E-state index is 12.6. The molecule has 1 heterocycles. The first-order chi connectivity index (χ1) is 14.1. The summed E-state index contributed by atoms with van der Waals surface area (Å²) in [6.45, 7) is 0.920. The van der Waals surface area contributed by atoms with E-state index in [-0.39, 0.29) is 5.57 Å². The molecular formula is C21H20N2O6. The van der Waals surface area contributed by atoms with Crippen molar-refractivity contribution in [3.05, 3.63) is 41.5 Å². The van der Waals surface area contributed by atoms with E-state index < -0.39 is 5.91 Å². The van der Waals surface area contributed by atoms with Gasteiger partial charge in [0.15, 0.2) is 23.0 Å². The summed E-state index contributed by atoms with van der Waals surface area (Å²) in [6, 6.07) is 10.3. The Balaban J connectivity index is 1.86. The van der Waals surface area contributed by atoms with Crippen molar-refractivity contribution in [3.8, 4) is 34.8 Å². The molecule has 0 saturated carbocycles. The fourth-order valence-corrected chi connectivity index (χ4v) is 2.82. The Kier molecular flexibility index (Phi) is 6.09. The summed E-state index contributed by atoms with van der Waals surface area (Å²) in [5.41, 5.74) is 0.952.